The number of carbonyl (C=O) groups excluding carboxylic acids is 2. The molecule has 1 aliphatic heterocycles. The summed E-state index contributed by atoms with van der Waals surface area (Å²) in [6.07, 6.45) is 2.01. The Hall–Kier alpha value is -3.90. The lowest BCUT2D eigenvalue weighted by molar-refractivity contribution is 0.0983. The van der Waals surface area contributed by atoms with Gasteiger partial charge in [0.15, 0.2) is 0 Å². The molecule has 0 fully saturated rings. The first-order valence-electron chi connectivity index (χ1n) is 10.8. The second-order valence-electron chi connectivity index (χ2n) is 8.21. The highest BCUT2D eigenvalue weighted by Gasteiger charge is 2.25. The lowest BCUT2D eigenvalue weighted by Gasteiger charge is -2.23. The summed E-state index contributed by atoms with van der Waals surface area (Å²) < 4.78 is 16.0. The summed E-state index contributed by atoms with van der Waals surface area (Å²) in [5.74, 6) is -1.12. The Morgan fingerprint density at radius 1 is 0.971 bits per heavy atom. The molecule has 7 heteroatoms. The first-order valence-corrected chi connectivity index (χ1v) is 11.2. The van der Waals surface area contributed by atoms with E-state index in [0.29, 0.717) is 24.3 Å². The number of fused-ring (bicyclic) bond motifs is 2. The molecule has 4 aromatic rings. The largest absolute Gasteiger partial charge is 0.345 e. The van der Waals surface area contributed by atoms with E-state index in [4.69, 9.17) is 11.6 Å². The molecule has 34 heavy (non-hydrogen) atoms. The normalized spacial score (nSPS) is 12.5. The number of para-hydroxylation sites is 1. The molecular formula is C27H21ClFN3O2. The van der Waals surface area contributed by atoms with Crippen molar-refractivity contribution in [1.82, 2.24) is 4.57 Å². The first kappa shape index (κ1) is 21.9. The maximum absolute atomic E-state index is 13.8. The maximum atomic E-state index is 13.8. The molecule has 1 N–H and O–H groups in total. The van der Waals surface area contributed by atoms with E-state index in [0.717, 1.165) is 16.9 Å². The molecule has 5 nitrogen and oxygen atoms in total. The number of aromatic nitrogens is 1. The second kappa shape index (κ2) is 8.80. The van der Waals surface area contributed by atoms with E-state index in [2.05, 4.69) is 9.88 Å². The zero-order chi connectivity index (χ0) is 23.8. The smallest absolute Gasteiger partial charge is 0.258 e. The number of hydrogen-bond donors (Lipinski definition) is 1. The van der Waals surface area contributed by atoms with Crippen LogP contribution in [0.2, 0.25) is 5.02 Å². The van der Waals surface area contributed by atoms with Crippen LogP contribution in [0.5, 0.6) is 0 Å². The summed E-state index contributed by atoms with van der Waals surface area (Å²) in [6, 6.07) is 20.9. The molecule has 2 heterocycles. The fourth-order valence-corrected chi connectivity index (χ4v) is 4.44. The zero-order valence-electron chi connectivity index (χ0n) is 18.4. The van der Waals surface area contributed by atoms with Gasteiger partial charge < -0.3 is 14.8 Å². The summed E-state index contributed by atoms with van der Waals surface area (Å²) in [5, 5.41) is 2.93. The van der Waals surface area contributed by atoms with Crippen LogP contribution in [0.25, 0.3) is 0 Å². The molecule has 1 aliphatic rings. The van der Waals surface area contributed by atoms with E-state index in [1.165, 1.54) is 12.1 Å². The van der Waals surface area contributed by atoms with E-state index >= 15 is 0 Å². The highest BCUT2D eigenvalue weighted by atomic mass is 35.5. The van der Waals surface area contributed by atoms with E-state index in [1.54, 1.807) is 36.1 Å². The van der Waals surface area contributed by atoms with Gasteiger partial charge >= 0.3 is 0 Å². The van der Waals surface area contributed by atoms with E-state index in [-0.39, 0.29) is 22.1 Å². The van der Waals surface area contributed by atoms with E-state index in [1.807, 2.05) is 42.6 Å². The Labute approximate surface area is 201 Å². The second-order valence-corrected chi connectivity index (χ2v) is 8.62. The Morgan fingerprint density at radius 2 is 1.79 bits per heavy atom. The fraction of sp³-hybridized carbons (Fsp3) is 0.111. The number of nitrogens with zero attached hydrogens (tertiary/aromatic N) is 2. The van der Waals surface area contributed by atoms with Gasteiger partial charge in [0, 0.05) is 35.2 Å². The maximum Gasteiger partial charge on any atom is 0.258 e. The minimum atomic E-state index is -0.472. The van der Waals surface area contributed by atoms with Gasteiger partial charge in [0.2, 0.25) is 0 Å². The Balaban J connectivity index is 1.43. The highest BCUT2D eigenvalue weighted by Crippen LogP contribution is 2.31. The SMILES string of the molecule is Cc1c(F)cccc1C(=O)Nc1ccc(C(=O)N2Cc3cccn3Cc3ccccc32)cc1Cl. The predicted molar refractivity (Wildman–Crippen MR) is 131 cm³/mol. The van der Waals surface area contributed by atoms with Crippen molar-refractivity contribution in [2.24, 2.45) is 0 Å². The monoisotopic (exact) mass is 473 g/mol. The molecular weight excluding hydrogens is 453 g/mol. The summed E-state index contributed by atoms with van der Waals surface area (Å²) in [6.45, 7) is 2.66. The van der Waals surface area contributed by atoms with Crippen molar-refractivity contribution in [3.8, 4) is 0 Å². The quantitative estimate of drug-likeness (QED) is 0.394. The third-order valence-corrected chi connectivity index (χ3v) is 6.40. The minimum Gasteiger partial charge on any atom is -0.345 e. The van der Waals surface area contributed by atoms with Gasteiger partial charge in [-0.1, -0.05) is 35.9 Å². The van der Waals surface area contributed by atoms with Gasteiger partial charge in [-0.25, -0.2) is 4.39 Å². The van der Waals surface area contributed by atoms with Crippen molar-refractivity contribution in [2.45, 2.75) is 20.0 Å². The lowest BCUT2D eigenvalue weighted by Crippen LogP contribution is -2.30. The Morgan fingerprint density at radius 3 is 2.62 bits per heavy atom. The zero-order valence-corrected chi connectivity index (χ0v) is 19.1. The highest BCUT2D eigenvalue weighted by molar-refractivity contribution is 6.34. The summed E-state index contributed by atoms with van der Waals surface area (Å²) in [4.78, 5) is 28.0. The molecule has 1 aromatic heterocycles. The van der Waals surface area contributed by atoms with Crippen molar-refractivity contribution in [1.29, 1.82) is 0 Å². The van der Waals surface area contributed by atoms with Gasteiger partial charge in [-0.3, -0.25) is 9.59 Å². The number of anilines is 2. The van der Waals surface area contributed by atoms with Crippen LogP contribution in [-0.2, 0) is 13.1 Å². The fourth-order valence-electron chi connectivity index (χ4n) is 4.22. The average molecular weight is 474 g/mol. The summed E-state index contributed by atoms with van der Waals surface area (Å²) in [7, 11) is 0. The number of nitrogens with one attached hydrogen (secondary N) is 1. The van der Waals surface area contributed by atoms with Gasteiger partial charge in [-0.15, -0.1) is 0 Å². The minimum absolute atomic E-state index is 0.192. The van der Waals surface area contributed by atoms with Crippen LogP contribution < -0.4 is 10.2 Å². The standard InChI is InChI=1S/C27H21ClFN3O2/c1-17-21(8-4-9-23(17)29)26(33)30-24-12-11-18(14-22(24)28)27(34)32-16-20-7-5-13-31(20)15-19-6-2-3-10-25(19)32/h2-14H,15-16H2,1H3,(H,30,33). The van der Waals surface area contributed by atoms with Crippen molar-refractivity contribution < 1.29 is 14.0 Å². The van der Waals surface area contributed by atoms with E-state index in [9.17, 15) is 14.0 Å². The number of hydrogen-bond acceptors (Lipinski definition) is 2. The van der Waals surface area contributed by atoms with Crippen LogP contribution in [0.3, 0.4) is 0 Å². The van der Waals surface area contributed by atoms with Gasteiger partial charge in [0.25, 0.3) is 11.8 Å². The number of rotatable bonds is 3. The molecule has 0 saturated carbocycles. The van der Waals surface area contributed by atoms with Crippen LogP contribution in [0, 0.1) is 12.7 Å². The van der Waals surface area contributed by atoms with Crippen molar-refractivity contribution >= 4 is 34.8 Å². The third-order valence-electron chi connectivity index (χ3n) is 6.09. The lowest BCUT2D eigenvalue weighted by atomic mass is 10.1. The third kappa shape index (κ3) is 3.97. The predicted octanol–water partition coefficient (Wildman–Crippen LogP) is 6.05. The molecule has 0 spiro atoms. The number of amides is 2. The molecule has 0 aliphatic carbocycles. The molecule has 0 unspecified atom stereocenters. The van der Waals surface area contributed by atoms with Crippen molar-refractivity contribution in [3.05, 3.63) is 118 Å². The number of halogens is 2. The molecule has 0 saturated heterocycles. The van der Waals surface area contributed by atoms with Gasteiger partial charge in [0.05, 0.1) is 17.3 Å². The average Bonchev–Trinajstić information content (AvgIpc) is 3.20. The molecule has 3 aromatic carbocycles. The van der Waals surface area contributed by atoms with E-state index < -0.39 is 11.7 Å². The molecule has 0 atom stereocenters. The topological polar surface area (TPSA) is 54.3 Å². The van der Waals surface area contributed by atoms with Gasteiger partial charge in [0.1, 0.15) is 5.82 Å². The molecule has 0 bridgehead atoms. The number of benzene rings is 3. The van der Waals surface area contributed by atoms with Crippen LogP contribution >= 0.6 is 11.6 Å². The molecule has 5 rings (SSSR count). The van der Waals surface area contributed by atoms with Gasteiger partial charge in [-0.2, -0.15) is 0 Å². The van der Waals surface area contributed by atoms with Crippen LogP contribution in [-0.4, -0.2) is 16.4 Å². The first-order chi connectivity index (χ1) is 16.4. The van der Waals surface area contributed by atoms with Crippen LogP contribution in [0.15, 0.2) is 79.0 Å². The Bertz CT molecular complexity index is 1430. The van der Waals surface area contributed by atoms with Crippen LogP contribution in [0.1, 0.15) is 37.5 Å². The molecule has 170 valence electrons. The summed E-state index contributed by atoms with van der Waals surface area (Å²) >= 11 is 6.45. The summed E-state index contributed by atoms with van der Waals surface area (Å²) in [5.41, 5.74) is 4.16. The van der Waals surface area contributed by atoms with Crippen molar-refractivity contribution in [2.75, 3.05) is 10.2 Å². The molecule has 0 radical (unpaired) electrons. The number of carbonyl (C=O) groups is 2. The molecule has 2 amide bonds. The van der Waals surface area contributed by atoms with Crippen LogP contribution in [0.4, 0.5) is 15.8 Å². The Kier molecular flexibility index (Phi) is 5.67. The van der Waals surface area contributed by atoms with Gasteiger partial charge in [-0.05, 0) is 66.6 Å². The van der Waals surface area contributed by atoms with Crippen molar-refractivity contribution in [3.63, 3.8) is 0 Å².